The van der Waals surface area contributed by atoms with Crippen molar-refractivity contribution in [3.05, 3.63) is 98.6 Å². The van der Waals surface area contributed by atoms with Crippen LogP contribution in [-0.4, -0.2) is 15.8 Å². The number of nitro benzene ring substituents is 2. The second-order valence-corrected chi connectivity index (χ2v) is 6.16. The second-order valence-electron chi connectivity index (χ2n) is 6.16. The van der Waals surface area contributed by atoms with Gasteiger partial charge in [0, 0.05) is 18.2 Å². The Balaban J connectivity index is 2.22. The average Bonchev–Trinajstić information content (AvgIpc) is 2.72. The van der Waals surface area contributed by atoms with Gasteiger partial charge in [-0.3, -0.25) is 25.0 Å². The summed E-state index contributed by atoms with van der Waals surface area (Å²) >= 11 is 0. The Labute approximate surface area is 165 Å². The molecule has 0 aromatic heterocycles. The van der Waals surface area contributed by atoms with Gasteiger partial charge in [-0.05, 0) is 40.0 Å². The van der Waals surface area contributed by atoms with Crippen LogP contribution in [0.2, 0.25) is 0 Å². The van der Waals surface area contributed by atoms with Crippen LogP contribution in [0.4, 0.5) is 11.4 Å². The number of rotatable bonds is 6. The van der Waals surface area contributed by atoms with Gasteiger partial charge in [0.2, 0.25) is 5.91 Å². The Morgan fingerprint density at radius 3 is 1.97 bits per heavy atom. The zero-order valence-corrected chi connectivity index (χ0v) is 15.0. The number of amides is 1. The molecular weight excluding hydrogens is 374 g/mol. The summed E-state index contributed by atoms with van der Waals surface area (Å²) in [5, 5.41) is 22.4. The van der Waals surface area contributed by atoms with Crippen molar-refractivity contribution in [1.29, 1.82) is 0 Å². The Morgan fingerprint density at radius 1 is 0.793 bits per heavy atom. The van der Waals surface area contributed by atoms with Gasteiger partial charge in [-0.2, -0.15) is 0 Å². The number of nitro groups is 2. The molecule has 0 radical (unpaired) electrons. The number of hydrogen-bond acceptors (Lipinski definition) is 5. The summed E-state index contributed by atoms with van der Waals surface area (Å²) in [4.78, 5) is 32.3. The molecule has 3 aromatic rings. The number of primary amides is 1. The SMILES string of the molecule is NC(=O)/C=C/c1cc(-c2ccccc2)ccc1-c1cc([N+](=O)[O-])cc([N+](=O)[O-])c1. The van der Waals surface area contributed by atoms with Crippen LogP contribution in [0.15, 0.2) is 72.8 Å². The van der Waals surface area contributed by atoms with E-state index in [2.05, 4.69) is 0 Å². The minimum Gasteiger partial charge on any atom is -0.366 e. The number of nitrogens with zero attached hydrogens (tertiary/aromatic N) is 2. The number of non-ortho nitro benzene ring substituents is 2. The minimum atomic E-state index is -0.687. The molecule has 1 amide bonds. The molecule has 0 aliphatic carbocycles. The fraction of sp³-hybridized carbons (Fsp3) is 0. The zero-order chi connectivity index (χ0) is 21.0. The van der Waals surface area contributed by atoms with Crippen molar-refractivity contribution in [1.82, 2.24) is 0 Å². The molecule has 0 saturated carbocycles. The van der Waals surface area contributed by atoms with E-state index in [1.165, 1.54) is 24.3 Å². The van der Waals surface area contributed by atoms with E-state index in [-0.39, 0.29) is 5.56 Å². The third-order valence-corrected chi connectivity index (χ3v) is 4.22. The van der Waals surface area contributed by atoms with Gasteiger partial charge in [-0.25, -0.2) is 0 Å². The molecule has 8 nitrogen and oxygen atoms in total. The molecule has 0 heterocycles. The van der Waals surface area contributed by atoms with Crippen LogP contribution in [0.1, 0.15) is 5.56 Å². The average molecular weight is 389 g/mol. The van der Waals surface area contributed by atoms with E-state index in [4.69, 9.17) is 5.73 Å². The topological polar surface area (TPSA) is 129 Å². The largest absolute Gasteiger partial charge is 0.366 e. The van der Waals surface area contributed by atoms with Crippen molar-refractivity contribution in [2.24, 2.45) is 5.73 Å². The number of nitrogens with two attached hydrogens (primary N) is 1. The van der Waals surface area contributed by atoms with Gasteiger partial charge in [-0.15, -0.1) is 0 Å². The van der Waals surface area contributed by atoms with Gasteiger partial charge in [0.15, 0.2) is 0 Å². The highest BCUT2D eigenvalue weighted by Crippen LogP contribution is 2.34. The monoisotopic (exact) mass is 389 g/mol. The third-order valence-electron chi connectivity index (χ3n) is 4.22. The first-order chi connectivity index (χ1) is 13.8. The fourth-order valence-electron chi connectivity index (χ4n) is 2.91. The molecule has 0 saturated heterocycles. The first-order valence-corrected chi connectivity index (χ1v) is 8.46. The van der Waals surface area contributed by atoms with E-state index in [0.717, 1.165) is 17.2 Å². The van der Waals surface area contributed by atoms with Crippen LogP contribution in [-0.2, 0) is 4.79 Å². The van der Waals surface area contributed by atoms with Crippen molar-refractivity contribution in [3.63, 3.8) is 0 Å². The van der Waals surface area contributed by atoms with Gasteiger partial charge in [0.05, 0.1) is 15.9 Å². The minimum absolute atomic E-state index is 0.287. The lowest BCUT2D eigenvalue weighted by atomic mass is 9.94. The van der Waals surface area contributed by atoms with Crippen molar-refractivity contribution < 1.29 is 14.6 Å². The predicted octanol–water partition coefficient (Wildman–Crippen LogP) is 4.34. The highest BCUT2D eigenvalue weighted by atomic mass is 16.6. The van der Waals surface area contributed by atoms with Gasteiger partial charge in [-0.1, -0.05) is 42.5 Å². The molecule has 8 heteroatoms. The number of carbonyl (C=O) groups excluding carboxylic acids is 1. The summed E-state index contributed by atoms with van der Waals surface area (Å²) in [6.07, 6.45) is 2.65. The first kappa shape index (κ1) is 19.4. The predicted molar refractivity (Wildman–Crippen MR) is 109 cm³/mol. The Kier molecular flexibility index (Phi) is 5.45. The maximum absolute atomic E-state index is 11.2. The maximum atomic E-state index is 11.2. The third kappa shape index (κ3) is 4.51. The Hall–Kier alpha value is -4.33. The zero-order valence-electron chi connectivity index (χ0n) is 15.0. The smallest absolute Gasteiger partial charge is 0.276 e. The second kappa shape index (κ2) is 8.13. The van der Waals surface area contributed by atoms with Crippen molar-refractivity contribution in [2.45, 2.75) is 0 Å². The quantitative estimate of drug-likeness (QED) is 0.381. The molecule has 0 fully saturated rings. The molecule has 144 valence electrons. The lowest BCUT2D eigenvalue weighted by Crippen LogP contribution is -2.05. The molecule has 2 N–H and O–H groups in total. The fourth-order valence-corrected chi connectivity index (χ4v) is 2.91. The van der Waals surface area contributed by atoms with Crippen molar-refractivity contribution >= 4 is 23.4 Å². The van der Waals surface area contributed by atoms with E-state index in [0.29, 0.717) is 11.1 Å². The molecule has 0 bridgehead atoms. The highest BCUT2D eigenvalue weighted by molar-refractivity contribution is 5.92. The van der Waals surface area contributed by atoms with Crippen molar-refractivity contribution in [3.8, 4) is 22.3 Å². The maximum Gasteiger partial charge on any atom is 0.276 e. The van der Waals surface area contributed by atoms with E-state index in [1.54, 1.807) is 18.2 Å². The van der Waals surface area contributed by atoms with Crippen LogP contribution in [0.3, 0.4) is 0 Å². The molecule has 0 aliphatic heterocycles. The summed E-state index contributed by atoms with van der Waals surface area (Å²) in [6.45, 7) is 0. The summed E-state index contributed by atoms with van der Waals surface area (Å²) < 4.78 is 0. The number of benzene rings is 3. The Bertz CT molecular complexity index is 1110. The molecule has 0 unspecified atom stereocenters. The Morgan fingerprint density at radius 2 is 1.41 bits per heavy atom. The van der Waals surface area contributed by atoms with E-state index in [9.17, 15) is 25.0 Å². The summed E-state index contributed by atoms with van der Waals surface area (Å²) in [5.41, 5.74) is 7.50. The van der Waals surface area contributed by atoms with E-state index in [1.807, 2.05) is 30.3 Å². The van der Waals surface area contributed by atoms with E-state index >= 15 is 0 Å². The normalized spacial score (nSPS) is 10.8. The summed E-state index contributed by atoms with van der Waals surface area (Å²) in [6, 6.07) is 18.2. The van der Waals surface area contributed by atoms with Crippen molar-refractivity contribution in [2.75, 3.05) is 0 Å². The standard InChI is InChI=1S/C21H15N3O5/c22-21(25)9-7-16-10-15(14-4-2-1-3-5-14)6-8-20(16)17-11-18(23(26)27)13-19(12-17)24(28)29/h1-13H,(H2,22,25)/b9-7+. The lowest BCUT2D eigenvalue weighted by Gasteiger charge is -2.10. The summed E-state index contributed by atoms with van der Waals surface area (Å²) in [5.74, 6) is -0.661. The van der Waals surface area contributed by atoms with Gasteiger partial charge >= 0.3 is 0 Å². The van der Waals surface area contributed by atoms with Gasteiger partial charge in [0.25, 0.3) is 11.4 Å². The number of hydrogen-bond donors (Lipinski definition) is 1. The van der Waals surface area contributed by atoms with Crippen LogP contribution >= 0.6 is 0 Å². The van der Waals surface area contributed by atoms with Gasteiger partial charge < -0.3 is 5.73 Å². The number of carbonyl (C=O) groups is 1. The van der Waals surface area contributed by atoms with Crippen LogP contribution in [0, 0.1) is 20.2 Å². The molecule has 0 spiro atoms. The van der Waals surface area contributed by atoms with Crippen LogP contribution in [0.5, 0.6) is 0 Å². The molecular formula is C21H15N3O5. The lowest BCUT2D eigenvalue weighted by molar-refractivity contribution is -0.394. The molecule has 29 heavy (non-hydrogen) atoms. The molecule has 3 rings (SSSR count). The molecule has 0 atom stereocenters. The first-order valence-electron chi connectivity index (χ1n) is 8.46. The molecule has 3 aromatic carbocycles. The van der Waals surface area contributed by atoms with Gasteiger partial charge in [0.1, 0.15) is 0 Å². The van der Waals surface area contributed by atoms with E-state index < -0.39 is 27.1 Å². The van der Waals surface area contributed by atoms with Crippen LogP contribution < -0.4 is 5.73 Å². The van der Waals surface area contributed by atoms with Crippen LogP contribution in [0.25, 0.3) is 28.3 Å². The molecule has 0 aliphatic rings. The highest BCUT2D eigenvalue weighted by Gasteiger charge is 2.18. The summed E-state index contributed by atoms with van der Waals surface area (Å²) in [7, 11) is 0.